The second-order valence-electron chi connectivity index (χ2n) is 5.03. The molecule has 2 heterocycles. The highest BCUT2D eigenvalue weighted by Gasteiger charge is 2.17. The lowest BCUT2D eigenvalue weighted by atomic mass is 9.93. The molecule has 1 saturated heterocycles. The first-order valence-electron chi connectivity index (χ1n) is 6.95. The van der Waals surface area contributed by atoms with Gasteiger partial charge in [-0.05, 0) is 45.3 Å². The van der Waals surface area contributed by atoms with E-state index in [1.165, 1.54) is 0 Å². The maximum atomic E-state index is 11.3. The summed E-state index contributed by atoms with van der Waals surface area (Å²) in [4.78, 5) is 20.3. The number of aromatic nitrogens is 2. The van der Waals surface area contributed by atoms with E-state index in [0.29, 0.717) is 18.8 Å². The van der Waals surface area contributed by atoms with E-state index in [9.17, 15) is 4.79 Å². The minimum atomic E-state index is 0. The SMILES string of the molecule is CNC(=O)CCc1cc(C2CCNCC2)nc(C)n1.Cl.Cl. The Balaban J connectivity index is 0.00000200. The van der Waals surface area contributed by atoms with Crippen molar-refractivity contribution in [1.29, 1.82) is 0 Å². The first-order valence-corrected chi connectivity index (χ1v) is 6.95. The van der Waals surface area contributed by atoms with E-state index < -0.39 is 0 Å². The first kappa shape index (κ1) is 20.1. The lowest BCUT2D eigenvalue weighted by molar-refractivity contribution is -0.120. The van der Waals surface area contributed by atoms with Crippen LogP contribution in [0.3, 0.4) is 0 Å². The van der Waals surface area contributed by atoms with Gasteiger partial charge in [-0.2, -0.15) is 0 Å². The van der Waals surface area contributed by atoms with Crippen molar-refractivity contribution in [2.45, 2.75) is 38.5 Å². The van der Waals surface area contributed by atoms with Crippen LogP contribution in [0.4, 0.5) is 0 Å². The van der Waals surface area contributed by atoms with Gasteiger partial charge >= 0.3 is 0 Å². The Hall–Kier alpha value is -0.910. The molecule has 1 fully saturated rings. The number of carbonyl (C=O) groups is 1. The van der Waals surface area contributed by atoms with E-state index >= 15 is 0 Å². The van der Waals surface area contributed by atoms with Crippen molar-refractivity contribution in [3.8, 4) is 0 Å². The Kier molecular flexibility index (Phi) is 9.49. The van der Waals surface area contributed by atoms with Crippen molar-refractivity contribution in [2.75, 3.05) is 20.1 Å². The van der Waals surface area contributed by atoms with Crippen LogP contribution < -0.4 is 10.6 Å². The zero-order valence-electron chi connectivity index (χ0n) is 12.5. The summed E-state index contributed by atoms with van der Waals surface area (Å²) >= 11 is 0. The number of nitrogens with one attached hydrogen (secondary N) is 2. The molecule has 0 unspecified atom stereocenters. The van der Waals surface area contributed by atoms with Crippen molar-refractivity contribution >= 4 is 30.7 Å². The number of rotatable bonds is 4. The maximum Gasteiger partial charge on any atom is 0.220 e. The van der Waals surface area contributed by atoms with Gasteiger partial charge in [0, 0.05) is 30.8 Å². The fraction of sp³-hybridized carbons (Fsp3) is 0.643. The summed E-state index contributed by atoms with van der Waals surface area (Å²) < 4.78 is 0. The number of hydrogen-bond acceptors (Lipinski definition) is 4. The molecule has 1 aromatic heterocycles. The highest BCUT2D eigenvalue weighted by Crippen LogP contribution is 2.24. The molecule has 0 spiro atoms. The summed E-state index contributed by atoms with van der Waals surface area (Å²) in [6, 6.07) is 2.08. The quantitative estimate of drug-likeness (QED) is 0.880. The van der Waals surface area contributed by atoms with E-state index in [1.807, 2.05) is 6.92 Å². The maximum absolute atomic E-state index is 11.3. The van der Waals surface area contributed by atoms with Crippen LogP contribution in [0.2, 0.25) is 0 Å². The summed E-state index contributed by atoms with van der Waals surface area (Å²) in [5.74, 6) is 1.39. The molecular weight excluding hydrogens is 311 g/mol. The molecule has 0 aromatic carbocycles. The minimum Gasteiger partial charge on any atom is -0.359 e. The highest BCUT2D eigenvalue weighted by molar-refractivity contribution is 5.85. The summed E-state index contributed by atoms with van der Waals surface area (Å²) in [7, 11) is 1.66. The average molecular weight is 335 g/mol. The lowest BCUT2D eigenvalue weighted by Gasteiger charge is -2.22. The molecule has 1 aliphatic rings. The molecule has 1 amide bonds. The molecule has 0 aliphatic carbocycles. The van der Waals surface area contributed by atoms with Gasteiger partial charge in [0.1, 0.15) is 5.82 Å². The monoisotopic (exact) mass is 334 g/mol. The fourth-order valence-corrected chi connectivity index (χ4v) is 2.48. The molecule has 5 nitrogen and oxygen atoms in total. The van der Waals surface area contributed by atoms with E-state index in [-0.39, 0.29) is 30.7 Å². The summed E-state index contributed by atoms with van der Waals surface area (Å²) in [6.45, 7) is 4.04. The van der Waals surface area contributed by atoms with Crippen LogP contribution in [-0.4, -0.2) is 36.0 Å². The molecule has 7 heteroatoms. The third-order valence-corrected chi connectivity index (χ3v) is 3.56. The van der Waals surface area contributed by atoms with Crippen molar-refractivity contribution in [3.05, 3.63) is 23.3 Å². The number of hydrogen-bond donors (Lipinski definition) is 2. The molecule has 2 rings (SSSR count). The average Bonchev–Trinajstić information content (AvgIpc) is 2.45. The van der Waals surface area contributed by atoms with Gasteiger partial charge in [0.05, 0.1) is 0 Å². The van der Waals surface area contributed by atoms with Crippen LogP contribution in [0.5, 0.6) is 0 Å². The van der Waals surface area contributed by atoms with Gasteiger partial charge in [-0.1, -0.05) is 0 Å². The lowest BCUT2D eigenvalue weighted by Crippen LogP contribution is -2.27. The predicted octanol–water partition coefficient (Wildman–Crippen LogP) is 1.77. The third kappa shape index (κ3) is 6.16. The number of piperidine rings is 1. The fourth-order valence-electron chi connectivity index (χ4n) is 2.48. The van der Waals surface area contributed by atoms with Crippen LogP contribution in [0, 0.1) is 6.92 Å². The van der Waals surface area contributed by atoms with Crippen molar-refractivity contribution in [3.63, 3.8) is 0 Å². The molecule has 120 valence electrons. The molecule has 0 radical (unpaired) electrons. The number of carbonyl (C=O) groups excluding carboxylic acids is 1. The number of nitrogens with zero attached hydrogens (tertiary/aromatic N) is 2. The molecular formula is C14H24Cl2N4O. The van der Waals surface area contributed by atoms with Gasteiger partial charge in [0.2, 0.25) is 5.91 Å². The van der Waals surface area contributed by atoms with Crippen LogP contribution >= 0.6 is 24.8 Å². The molecule has 21 heavy (non-hydrogen) atoms. The summed E-state index contributed by atoms with van der Waals surface area (Å²) in [6.07, 6.45) is 3.43. The van der Waals surface area contributed by atoms with Gasteiger partial charge in [-0.15, -0.1) is 24.8 Å². The minimum absolute atomic E-state index is 0. The van der Waals surface area contributed by atoms with Gasteiger partial charge in [0.25, 0.3) is 0 Å². The number of aryl methyl sites for hydroxylation is 2. The zero-order chi connectivity index (χ0) is 13.7. The van der Waals surface area contributed by atoms with E-state index in [4.69, 9.17) is 0 Å². The van der Waals surface area contributed by atoms with Gasteiger partial charge in [0.15, 0.2) is 0 Å². The van der Waals surface area contributed by atoms with E-state index in [1.54, 1.807) is 7.05 Å². The van der Waals surface area contributed by atoms with Crippen molar-refractivity contribution in [2.24, 2.45) is 0 Å². The highest BCUT2D eigenvalue weighted by atomic mass is 35.5. The second kappa shape index (κ2) is 9.92. The molecule has 0 bridgehead atoms. The Bertz CT molecular complexity index is 451. The van der Waals surface area contributed by atoms with Crippen molar-refractivity contribution in [1.82, 2.24) is 20.6 Å². The topological polar surface area (TPSA) is 66.9 Å². The first-order chi connectivity index (χ1) is 9.19. The van der Waals surface area contributed by atoms with Crippen LogP contribution in [0.1, 0.15) is 42.4 Å². The van der Waals surface area contributed by atoms with Crippen LogP contribution in [-0.2, 0) is 11.2 Å². The molecule has 1 aromatic rings. The van der Waals surface area contributed by atoms with Gasteiger partial charge in [-0.3, -0.25) is 4.79 Å². The molecule has 1 aliphatic heterocycles. The standard InChI is InChI=1S/C14H22N4O.2ClH/c1-10-17-12(3-4-14(19)15-2)9-13(18-10)11-5-7-16-8-6-11;;/h9,11,16H,3-8H2,1-2H3,(H,15,19);2*1H. The zero-order valence-corrected chi connectivity index (χ0v) is 14.1. The van der Waals surface area contributed by atoms with Crippen molar-refractivity contribution < 1.29 is 4.79 Å². The Labute approximate surface area is 138 Å². The Morgan fingerprint density at radius 2 is 2.00 bits per heavy atom. The van der Waals surface area contributed by atoms with Crippen LogP contribution in [0.25, 0.3) is 0 Å². The van der Waals surface area contributed by atoms with Gasteiger partial charge in [-0.25, -0.2) is 9.97 Å². The normalized spacial score (nSPS) is 14.8. The van der Waals surface area contributed by atoms with Gasteiger partial charge < -0.3 is 10.6 Å². The van der Waals surface area contributed by atoms with E-state index in [2.05, 4.69) is 26.7 Å². The summed E-state index contributed by atoms with van der Waals surface area (Å²) in [5.41, 5.74) is 2.12. The molecule has 0 atom stereocenters. The Morgan fingerprint density at radius 3 is 2.62 bits per heavy atom. The van der Waals surface area contributed by atoms with Crippen LogP contribution in [0.15, 0.2) is 6.07 Å². The smallest absolute Gasteiger partial charge is 0.220 e. The number of amides is 1. The molecule has 0 saturated carbocycles. The largest absolute Gasteiger partial charge is 0.359 e. The van der Waals surface area contributed by atoms with E-state index in [0.717, 1.165) is 43.1 Å². The molecule has 2 N–H and O–H groups in total. The third-order valence-electron chi connectivity index (χ3n) is 3.56. The Morgan fingerprint density at radius 1 is 1.33 bits per heavy atom. The predicted molar refractivity (Wildman–Crippen MR) is 88.5 cm³/mol. The second-order valence-corrected chi connectivity index (χ2v) is 5.03. The summed E-state index contributed by atoms with van der Waals surface area (Å²) in [5, 5.41) is 6.00. The number of halogens is 2.